The number of carbonyl (C=O) groups is 2. The van der Waals surface area contributed by atoms with Crippen molar-refractivity contribution in [2.24, 2.45) is 5.92 Å². The van der Waals surface area contributed by atoms with Crippen LogP contribution in [-0.2, 0) is 14.3 Å². The van der Waals surface area contributed by atoms with Gasteiger partial charge in [0, 0.05) is 13.1 Å². The van der Waals surface area contributed by atoms with Gasteiger partial charge >= 0.3 is 12.1 Å². The van der Waals surface area contributed by atoms with Gasteiger partial charge in [0.25, 0.3) is 0 Å². The van der Waals surface area contributed by atoms with Crippen molar-refractivity contribution in [3.05, 3.63) is 0 Å². The molecule has 0 radical (unpaired) electrons. The largest absolute Gasteiger partial charge is 0.468 e. The smallest absolute Gasteiger partial charge is 0.410 e. The average Bonchev–Trinajstić information content (AvgIpc) is 2.42. The molecule has 0 saturated carbocycles. The fourth-order valence-electron chi connectivity index (χ4n) is 2.25. The minimum absolute atomic E-state index is 0.239. The van der Waals surface area contributed by atoms with E-state index in [0.29, 0.717) is 19.0 Å². The van der Waals surface area contributed by atoms with Crippen LogP contribution in [0.1, 0.15) is 40.5 Å². The molecule has 1 aliphatic heterocycles. The number of nitrogens with one attached hydrogen (secondary N) is 1. The van der Waals surface area contributed by atoms with E-state index in [0.717, 1.165) is 19.4 Å². The number of likely N-dealkylation sites (tertiary alicyclic amines) is 1. The zero-order chi connectivity index (χ0) is 16.0. The summed E-state index contributed by atoms with van der Waals surface area (Å²) in [6, 6.07) is -0.293. The van der Waals surface area contributed by atoms with Gasteiger partial charge in [0.05, 0.1) is 7.11 Å². The highest BCUT2D eigenvalue weighted by Gasteiger charge is 2.27. The minimum atomic E-state index is -0.453. The standard InChI is InChI=1S/C15H28N2O4/c1-11(13(18)20-5)16-10-12-6-8-17(9-7-12)14(19)21-15(2,3)4/h11-12,16H,6-10H2,1-5H3/t11-/m0/s1. The number of hydrogen-bond acceptors (Lipinski definition) is 5. The summed E-state index contributed by atoms with van der Waals surface area (Å²) in [5, 5.41) is 3.18. The maximum atomic E-state index is 11.9. The number of esters is 1. The number of nitrogens with zero attached hydrogens (tertiary/aromatic N) is 1. The summed E-state index contributed by atoms with van der Waals surface area (Å²) >= 11 is 0. The second-order valence-electron chi connectivity index (χ2n) is 6.56. The van der Waals surface area contributed by atoms with E-state index in [4.69, 9.17) is 4.74 Å². The van der Waals surface area contributed by atoms with Gasteiger partial charge in [0.1, 0.15) is 11.6 Å². The van der Waals surface area contributed by atoms with E-state index in [2.05, 4.69) is 10.1 Å². The molecule has 0 aromatic rings. The molecule has 122 valence electrons. The molecule has 6 nitrogen and oxygen atoms in total. The van der Waals surface area contributed by atoms with Gasteiger partial charge in [-0.1, -0.05) is 0 Å². The number of carbonyl (C=O) groups excluding carboxylic acids is 2. The zero-order valence-corrected chi connectivity index (χ0v) is 13.8. The fourth-order valence-corrected chi connectivity index (χ4v) is 2.25. The molecule has 1 fully saturated rings. The Morgan fingerprint density at radius 2 is 1.86 bits per heavy atom. The first-order chi connectivity index (χ1) is 9.73. The van der Waals surface area contributed by atoms with Gasteiger partial charge in [-0.2, -0.15) is 0 Å². The van der Waals surface area contributed by atoms with E-state index in [1.165, 1.54) is 7.11 Å². The molecule has 1 atom stereocenters. The summed E-state index contributed by atoms with van der Waals surface area (Å²) in [7, 11) is 1.39. The number of methoxy groups -OCH3 is 1. The summed E-state index contributed by atoms with van der Waals surface area (Å²) in [6.07, 6.45) is 1.59. The molecular weight excluding hydrogens is 272 g/mol. The third kappa shape index (κ3) is 6.33. The molecule has 6 heteroatoms. The van der Waals surface area contributed by atoms with E-state index in [9.17, 15) is 9.59 Å². The summed E-state index contributed by atoms with van der Waals surface area (Å²) in [4.78, 5) is 25.0. The van der Waals surface area contributed by atoms with Gasteiger partial charge in [0.2, 0.25) is 0 Å². The van der Waals surface area contributed by atoms with Crippen molar-refractivity contribution in [2.45, 2.75) is 52.2 Å². The van der Waals surface area contributed by atoms with Gasteiger partial charge in [-0.15, -0.1) is 0 Å². The van der Waals surface area contributed by atoms with Crippen LogP contribution >= 0.6 is 0 Å². The Hall–Kier alpha value is -1.30. The zero-order valence-electron chi connectivity index (χ0n) is 13.8. The highest BCUT2D eigenvalue weighted by molar-refractivity contribution is 5.75. The van der Waals surface area contributed by atoms with Crippen LogP contribution in [0.4, 0.5) is 4.79 Å². The molecule has 1 rings (SSSR count). The van der Waals surface area contributed by atoms with Crippen molar-refractivity contribution in [1.82, 2.24) is 10.2 Å². The average molecular weight is 300 g/mol. The maximum absolute atomic E-state index is 11.9. The Kier molecular flexibility index (Phi) is 6.45. The first-order valence-corrected chi connectivity index (χ1v) is 7.52. The molecule has 0 aromatic heterocycles. The van der Waals surface area contributed by atoms with Crippen molar-refractivity contribution in [3.8, 4) is 0 Å². The van der Waals surface area contributed by atoms with Gasteiger partial charge < -0.3 is 19.7 Å². The van der Waals surface area contributed by atoms with Crippen LogP contribution in [0.25, 0.3) is 0 Å². The summed E-state index contributed by atoms with van der Waals surface area (Å²) in [5.41, 5.74) is -0.453. The van der Waals surface area contributed by atoms with Crippen LogP contribution < -0.4 is 5.32 Å². The first kappa shape index (κ1) is 17.8. The van der Waals surface area contributed by atoms with E-state index in [1.54, 1.807) is 11.8 Å². The molecule has 21 heavy (non-hydrogen) atoms. The Morgan fingerprint density at radius 3 is 2.33 bits per heavy atom. The summed E-state index contributed by atoms with van der Waals surface area (Å²) in [6.45, 7) is 9.57. The first-order valence-electron chi connectivity index (χ1n) is 7.52. The number of hydrogen-bond donors (Lipinski definition) is 1. The van der Waals surface area contributed by atoms with Gasteiger partial charge in [-0.25, -0.2) is 4.79 Å². The Morgan fingerprint density at radius 1 is 1.29 bits per heavy atom. The normalized spacial score (nSPS) is 18.2. The third-order valence-electron chi connectivity index (χ3n) is 3.53. The molecule has 0 bridgehead atoms. The lowest BCUT2D eigenvalue weighted by molar-refractivity contribution is -0.142. The lowest BCUT2D eigenvalue weighted by Gasteiger charge is -2.33. The molecule has 1 aliphatic rings. The van der Waals surface area contributed by atoms with Crippen LogP contribution in [0.2, 0.25) is 0 Å². The molecule has 0 unspecified atom stereocenters. The second-order valence-corrected chi connectivity index (χ2v) is 6.56. The fraction of sp³-hybridized carbons (Fsp3) is 0.867. The van der Waals surface area contributed by atoms with Crippen LogP contribution in [0.5, 0.6) is 0 Å². The Bertz CT molecular complexity index is 357. The third-order valence-corrected chi connectivity index (χ3v) is 3.53. The number of rotatable bonds is 4. The Labute approximate surface area is 127 Å². The van der Waals surface area contributed by atoms with Crippen LogP contribution in [0.3, 0.4) is 0 Å². The van der Waals surface area contributed by atoms with Gasteiger partial charge in [-0.3, -0.25) is 4.79 Å². The molecule has 0 aromatic carbocycles. The van der Waals surface area contributed by atoms with E-state index >= 15 is 0 Å². The predicted octanol–water partition coefficient (Wildman–Crippen LogP) is 1.78. The molecule has 1 N–H and O–H groups in total. The van der Waals surface area contributed by atoms with Crippen molar-refractivity contribution >= 4 is 12.1 Å². The van der Waals surface area contributed by atoms with Crippen molar-refractivity contribution in [3.63, 3.8) is 0 Å². The monoisotopic (exact) mass is 300 g/mol. The van der Waals surface area contributed by atoms with Gasteiger partial charge in [-0.05, 0) is 53.0 Å². The molecular formula is C15H28N2O4. The lowest BCUT2D eigenvalue weighted by Crippen LogP contribution is -2.45. The molecule has 1 heterocycles. The number of ether oxygens (including phenoxy) is 2. The van der Waals surface area contributed by atoms with Crippen molar-refractivity contribution in [2.75, 3.05) is 26.7 Å². The van der Waals surface area contributed by atoms with Crippen LogP contribution in [0.15, 0.2) is 0 Å². The minimum Gasteiger partial charge on any atom is -0.468 e. The lowest BCUT2D eigenvalue weighted by atomic mass is 9.97. The Balaban J connectivity index is 2.29. The summed E-state index contributed by atoms with van der Waals surface area (Å²) < 4.78 is 10.0. The second kappa shape index (κ2) is 7.64. The van der Waals surface area contributed by atoms with Crippen molar-refractivity contribution < 1.29 is 19.1 Å². The highest BCUT2D eigenvalue weighted by atomic mass is 16.6. The molecule has 0 aliphatic carbocycles. The molecule has 1 saturated heterocycles. The maximum Gasteiger partial charge on any atom is 0.410 e. The number of amides is 1. The van der Waals surface area contributed by atoms with Gasteiger partial charge in [0.15, 0.2) is 0 Å². The quantitative estimate of drug-likeness (QED) is 0.802. The van der Waals surface area contributed by atoms with E-state index in [-0.39, 0.29) is 18.1 Å². The molecule has 0 spiro atoms. The van der Waals surface area contributed by atoms with Crippen LogP contribution in [-0.4, -0.2) is 55.3 Å². The summed E-state index contributed by atoms with van der Waals surface area (Å²) in [5.74, 6) is 0.219. The topological polar surface area (TPSA) is 67.9 Å². The number of piperidine rings is 1. The van der Waals surface area contributed by atoms with E-state index < -0.39 is 5.60 Å². The highest BCUT2D eigenvalue weighted by Crippen LogP contribution is 2.19. The van der Waals surface area contributed by atoms with Crippen molar-refractivity contribution in [1.29, 1.82) is 0 Å². The van der Waals surface area contributed by atoms with E-state index in [1.807, 2.05) is 20.8 Å². The van der Waals surface area contributed by atoms with Crippen LogP contribution in [0, 0.1) is 5.92 Å². The molecule has 1 amide bonds. The predicted molar refractivity (Wildman–Crippen MR) is 80.0 cm³/mol. The SMILES string of the molecule is COC(=O)[C@H](C)NCC1CCN(C(=O)OC(C)(C)C)CC1.